The van der Waals surface area contributed by atoms with E-state index in [0.717, 1.165) is 69.7 Å². The number of nitrogens with zero attached hydrogens (tertiary/aromatic N) is 2. The minimum absolute atomic E-state index is 0.0107. The summed E-state index contributed by atoms with van der Waals surface area (Å²) in [5, 5.41) is 19.9. The van der Waals surface area contributed by atoms with Crippen LogP contribution < -0.4 is 0 Å². The van der Waals surface area contributed by atoms with E-state index in [1.165, 1.54) is 0 Å². The molecular weight excluding hydrogens is 568 g/mol. The standard InChI is InChI=1S/C36H44N4O5/c1-8-10-13-45-17-25-20(5)26-14-28-19(4)24(11-12-32(41)42)34(39-28)22(7)35-33(36(43)44)21(6)29(40-35)16-30-23(9-2)18(3)27(37-30)15-31(25)38-26/h14-16,19,24,37,40H,8-13,17H2,1-7H3,(H,41,42)(H,43,44)/t19-,24-/m0/s1. The van der Waals surface area contributed by atoms with Crippen molar-refractivity contribution in [2.75, 3.05) is 13.2 Å². The van der Waals surface area contributed by atoms with Gasteiger partial charge in [-0.3, -0.25) is 9.78 Å². The summed E-state index contributed by atoms with van der Waals surface area (Å²) in [6.07, 6.45) is 3.22. The first kappa shape index (κ1) is 32.2. The summed E-state index contributed by atoms with van der Waals surface area (Å²) in [7, 11) is 0. The summed E-state index contributed by atoms with van der Waals surface area (Å²) < 4.78 is 6.09. The average molecular weight is 613 g/mol. The van der Waals surface area contributed by atoms with Gasteiger partial charge < -0.3 is 24.9 Å². The molecule has 4 N–H and O–H groups in total. The van der Waals surface area contributed by atoms with Crippen molar-refractivity contribution < 1.29 is 24.5 Å². The molecule has 2 aliphatic heterocycles. The van der Waals surface area contributed by atoms with Crippen LogP contribution in [0.4, 0.5) is 0 Å². The number of hydrogen-bond donors (Lipinski definition) is 4. The number of aliphatic carboxylic acids is 1. The number of rotatable bonds is 10. The Morgan fingerprint density at radius 1 is 0.911 bits per heavy atom. The third kappa shape index (κ3) is 6.06. The Kier molecular flexibility index (Phi) is 9.30. The highest BCUT2D eigenvalue weighted by Gasteiger charge is 2.32. The third-order valence-electron chi connectivity index (χ3n) is 9.54. The van der Waals surface area contributed by atoms with Crippen LogP contribution >= 0.6 is 0 Å². The van der Waals surface area contributed by atoms with Gasteiger partial charge >= 0.3 is 11.9 Å². The van der Waals surface area contributed by atoms with Crippen molar-refractivity contribution in [3.05, 3.63) is 68.8 Å². The number of aryl methyl sites for hydroxylation is 4. The van der Waals surface area contributed by atoms with Crippen molar-refractivity contribution in [1.82, 2.24) is 19.9 Å². The molecule has 3 aromatic heterocycles. The maximum absolute atomic E-state index is 12.6. The summed E-state index contributed by atoms with van der Waals surface area (Å²) in [5.74, 6) is -2.18. The Morgan fingerprint density at radius 2 is 1.64 bits per heavy atom. The quantitative estimate of drug-likeness (QED) is 0.170. The summed E-state index contributed by atoms with van der Waals surface area (Å²) >= 11 is 0. The van der Waals surface area contributed by atoms with Gasteiger partial charge in [0.05, 0.1) is 29.1 Å². The zero-order chi connectivity index (χ0) is 32.6. The Labute approximate surface area is 263 Å². The van der Waals surface area contributed by atoms with Crippen LogP contribution in [0.2, 0.25) is 0 Å². The van der Waals surface area contributed by atoms with Gasteiger partial charge in [0.2, 0.25) is 0 Å². The Balaban J connectivity index is 1.90. The topological polar surface area (TPSA) is 141 Å². The van der Waals surface area contributed by atoms with Gasteiger partial charge in [0.1, 0.15) is 0 Å². The van der Waals surface area contributed by atoms with E-state index in [2.05, 4.69) is 50.7 Å². The molecule has 2 atom stereocenters. The molecular formula is C36H44N4O5. The fraction of sp³-hybridized carbons (Fsp3) is 0.444. The molecule has 0 unspecified atom stereocenters. The number of carboxylic acids is 2. The van der Waals surface area contributed by atoms with E-state index in [4.69, 9.17) is 14.7 Å². The normalized spacial score (nSPS) is 16.4. The number of aromatic carboxylic acids is 1. The summed E-state index contributed by atoms with van der Waals surface area (Å²) in [5.41, 5.74) is 12.1. The van der Waals surface area contributed by atoms with Gasteiger partial charge in [0.15, 0.2) is 0 Å². The molecule has 8 bridgehead atoms. The fourth-order valence-corrected chi connectivity index (χ4v) is 6.71. The summed E-state index contributed by atoms with van der Waals surface area (Å²) in [6, 6.07) is 6.08. The van der Waals surface area contributed by atoms with E-state index in [1.54, 1.807) is 0 Å². The minimum Gasteiger partial charge on any atom is -0.481 e. The maximum Gasteiger partial charge on any atom is 0.338 e. The van der Waals surface area contributed by atoms with Gasteiger partial charge in [0, 0.05) is 58.4 Å². The predicted molar refractivity (Wildman–Crippen MR) is 178 cm³/mol. The van der Waals surface area contributed by atoms with Crippen LogP contribution in [-0.4, -0.2) is 55.3 Å². The summed E-state index contributed by atoms with van der Waals surface area (Å²) in [4.78, 5) is 41.5. The Bertz CT molecular complexity index is 1860. The molecule has 5 heterocycles. The number of allylic oxidation sites excluding steroid dienone is 1. The van der Waals surface area contributed by atoms with Crippen LogP contribution in [-0.2, 0) is 16.0 Å². The van der Waals surface area contributed by atoms with Crippen molar-refractivity contribution in [1.29, 1.82) is 0 Å². The molecule has 0 radical (unpaired) electrons. The molecule has 238 valence electrons. The molecule has 0 aromatic carbocycles. The highest BCUT2D eigenvalue weighted by Crippen LogP contribution is 2.42. The SMILES string of the molecule is CCCCOCC1=C(C)c2cc3nc(c(C)c4[nH]c(cc5[nH]c(cc1n2)c(C)c5CC)c(C)c4C(=O)O)[C@@H](CCC(=O)O)[C@@H]3C. The Hall–Kier alpha value is -4.24. The molecule has 0 aliphatic carbocycles. The molecule has 0 spiro atoms. The van der Waals surface area contributed by atoms with E-state index in [9.17, 15) is 19.8 Å². The number of H-pyrrole nitrogens is 2. The van der Waals surface area contributed by atoms with Gasteiger partial charge in [-0.2, -0.15) is 0 Å². The summed E-state index contributed by atoms with van der Waals surface area (Å²) in [6.45, 7) is 15.3. The predicted octanol–water partition coefficient (Wildman–Crippen LogP) is 8.00. The molecule has 3 aromatic rings. The molecule has 5 rings (SSSR count). The molecule has 9 nitrogen and oxygen atoms in total. The van der Waals surface area contributed by atoms with Gasteiger partial charge in [-0.1, -0.05) is 27.2 Å². The van der Waals surface area contributed by atoms with E-state index in [1.807, 2.05) is 26.0 Å². The number of unbranched alkanes of at least 4 members (excludes halogenated alkanes) is 1. The van der Waals surface area contributed by atoms with Crippen LogP contribution in [0.3, 0.4) is 0 Å². The van der Waals surface area contributed by atoms with Crippen molar-refractivity contribution in [2.45, 2.75) is 92.4 Å². The lowest BCUT2D eigenvalue weighted by atomic mass is 9.85. The molecule has 2 aliphatic rings. The van der Waals surface area contributed by atoms with Gasteiger partial charge in [-0.25, -0.2) is 9.78 Å². The molecule has 0 saturated carbocycles. The lowest BCUT2D eigenvalue weighted by molar-refractivity contribution is -0.137. The number of aromatic amines is 2. The lowest BCUT2D eigenvalue weighted by Crippen LogP contribution is -2.07. The highest BCUT2D eigenvalue weighted by atomic mass is 16.5. The zero-order valence-corrected chi connectivity index (χ0v) is 27.4. The van der Waals surface area contributed by atoms with Crippen molar-refractivity contribution >= 4 is 45.2 Å². The maximum atomic E-state index is 12.6. The number of hydrogen-bond acceptors (Lipinski definition) is 5. The third-order valence-corrected chi connectivity index (χ3v) is 9.54. The number of nitrogens with one attached hydrogen (secondary N) is 2. The van der Waals surface area contributed by atoms with E-state index in [-0.39, 0.29) is 23.8 Å². The van der Waals surface area contributed by atoms with Crippen LogP contribution in [0.25, 0.3) is 33.2 Å². The zero-order valence-electron chi connectivity index (χ0n) is 27.4. The van der Waals surface area contributed by atoms with E-state index < -0.39 is 11.9 Å². The second-order valence-electron chi connectivity index (χ2n) is 12.3. The monoisotopic (exact) mass is 612 g/mol. The fourth-order valence-electron chi connectivity index (χ4n) is 6.71. The second-order valence-corrected chi connectivity index (χ2v) is 12.3. The lowest BCUT2D eigenvalue weighted by Gasteiger charge is -2.16. The smallest absolute Gasteiger partial charge is 0.338 e. The first-order chi connectivity index (χ1) is 21.5. The van der Waals surface area contributed by atoms with E-state index >= 15 is 0 Å². The van der Waals surface area contributed by atoms with Crippen LogP contribution in [0.15, 0.2) is 18.2 Å². The highest BCUT2D eigenvalue weighted by molar-refractivity contribution is 6.02. The van der Waals surface area contributed by atoms with E-state index in [0.29, 0.717) is 47.5 Å². The molecule has 0 saturated heterocycles. The number of aromatic nitrogens is 4. The van der Waals surface area contributed by atoms with Crippen molar-refractivity contribution in [3.63, 3.8) is 0 Å². The van der Waals surface area contributed by atoms with Gasteiger partial charge in [-0.15, -0.1) is 0 Å². The number of fused-ring (bicyclic) bond motifs is 8. The van der Waals surface area contributed by atoms with Crippen LogP contribution in [0, 0.1) is 20.8 Å². The Morgan fingerprint density at radius 3 is 2.31 bits per heavy atom. The number of carboxylic acid groups (broad SMARTS) is 2. The molecule has 0 fully saturated rings. The van der Waals surface area contributed by atoms with Crippen LogP contribution in [0.5, 0.6) is 0 Å². The van der Waals surface area contributed by atoms with Gasteiger partial charge in [0.25, 0.3) is 0 Å². The number of carbonyl (C=O) groups is 2. The molecule has 45 heavy (non-hydrogen) atoms. The average Bonchev–Trinajstić information content (AvgIpc) is 3.67. The second kappa shape index (κ2) is 13.0. The largest absolute Gasteiger partial charge is 0.481 e. The molecule has 0 amide bonds. The minimum atomic E-state index is -1.02. The van der Waals surface area contributed by atoms with Gasteiger partial charge in [-0.05, 0) is 93.0 Å². The van der Waals surface area contributed by atoms with Crippen molar-refractivity contribution in [2.24, 2.45) is 0 Å². The van der Waals surface area contributed by atoms with Crippen molar-refractivity contribution in [3.8, 4) is 0 Å². The first-order valence-electron chi connectivity index (χ1n) is 15.9. The first-order valence-corrected chi connectivity index (χ1v) is 15.9. The van der Waals surface area contributed by atoms with Crippen LogP contribution in [0.1, 0.15) is 121 Å². The number of ether oxygens (including phenoxy) is 1. The molecule has 9 heteroatoms.